The van der Waals surface area contributed by atoms with Crippen molar-refractivity contribution in [3.8, 4) is 0 Å². The third-order valence-corrected chi connectivity index (χ3v) is 3.30. The highest BCUT2D eigenvalue weighted by Gasteiger charge is 2.24. The maximum atomic E-state index is 11.8. The van der Waals surface area contributed by atoms with Gasteiger partial charge in [0.1, 0.15) is 6.04 Å². The normalized spacial score (nSPS) is 12.5. The lowest BCUT2D eigenvalue weighted by Crippen LogP contribution is -2.44. The first kappa shape index (κ1) is 12.7. The maximum Gasteiger partial charge on any atom is 0.326 e. The molecule has 0 bridgehead atoms. The van der Waals surface area contributed by atoms with Gasteiger partial charge in [0.15, 0.2) is 0 Å². The lowest BCUT2D eigenvalue weighted by Gasteiger charge is -2.17. The van der Waals surface area contributed by atoms with E-state index in [1.54, 1.807) is 13.8 Å². The van der Waals surface area contributed by atoms with E-state index in [2.05, 4.69) is 5.32 Å². The van der Waals surface area contributed by atoms with Crippen molar-refractivity contribution in [3.63, 3.8) is 0 Å². The first-order valence-electron chi connectivity index (χ1n) is 5.01. The molecule has 88 valence electrons. The predicted octanol–water partition coefficient (Wildman–Crippen LogP) is 1.90. The van der Waals surface area contributed by atoms with Crippen LogP contribution in [-0.2, 0) is 4.79 Å². The van der Waals surface area contributed by atoms with Gasteiger partial charge in [0, 0.05) is 0 Å². The van der Waals surface area contributed by atoms with Crippen LogP contribution in [0.3, 0.4) is 0 Å². The molecule has 1 unspecified atom stereocenters. The van der Waals surface area contributed by atoms with Gasteiger partial charge in [0.2, 0.25) is 0 Å². The Balaban J connectivity index is 2.77. The topological polar surface area (TPSA) is 66.4 Å². The van der Waals surface area contributed by atoms with Crippen molar-refractivity contribution in [3.05, 3.63) is 21.9 Å². The van der Waals surface area contributed by atoms with Gasteiger partial charge in [-0.1, -0.05) is 13.8 Å². The lowest BCUT2D eigenvalue weighted by atomic mass is 10.0. The largest absolute Gasteiger partial charge is 0.480 e. The second-order valence-corrected chi connectivity index (χ2v) is 4.88. The average Bonchev–Trinajstić information content (AvgIpc) is 2.59. The molecule has 0 aliphatic rings. The monoisotopic (exact) mass is 241 g/mol. The van der Waals surface area contributed by atoms with Crippen molar-refractivity contribution in [2.45, 2.75) is 26.8 Å². The number of amides is 1. The molecular formula is C11H15NO3S. The van der Waals surface area contributed by atoms with Crippen LogP contribution in [0.1, 0.15) is 29.1 Å². The quantitative estimate of drug-likeness (QED) is 0.846. The zero-order valence-corrected chi connectivity index (χ0v) is 10.3. The van der Waals surface area contributed by atoms with Gasteiger partial charge in [-0.2, -0.15) is 0 Å². The van der Waals surface area contributed by atoms with E-state index in [4.69, 9.17) is 5.11 Å². The number of carboxylic acid groups (broad SMARTS) is 1. The van der Waals surface area contributed by atoms with Crippen LogP contribution in [0.5, 0.6) is 0 Å². The Morgan fingerprint density at radius 1 is 1.44 bits per heavy atom. The number of hydrogen-bond donors (Lipinski definition) is 2. The lowest BCUT2D eigenvalue weighted by molar-refractivity contribution is -0.140. The molecule has 0 saturated carbocycles. The van der Waals surface area contributed by atoms with Gasteiger partial charge in [0.25, 0.3) is 5.91 Å². The fraction of sp³-hybridized carbons (Fsp3) is 0.455. The Morgan fingerprint density at radius 2 is 2.06 bits per heavy atom. The Labute approximate surface area is 98.3 Å². The van der Waals surface area contributed by atoms with Gasteiger partial charge < -0.3 is 10.4 Å². The molecule has 0 aliphatic heterocycles. The molecule has 0 radical (unpaired) electrons. The fourth-order valence-corrected chi connectivity index (χ4v) is 2.15. The van der Waals surface area contributed by atoms with E-state index in [0.717, 1.165) is 5.56 Å². The summed E-state index contributed by atoms with van der Waals surface area (Å²) in [6, 6.07) is 0.999. The van der Waals surface area contributed by atoms with Crippen LogP contribution in [0.2, 0.25) is 0 Å². The second-order valence-electron chi connectivity index (χ2n) is 3.97. The van der Waals surface area contributed by atoms with Crippen molar-refractivity contribution in [1.82, 2.24) is 5.32 Å². The van der Waals surface area contributed by atoms with E-state index in [1.165, 1.54) is 11.3 Å². The van der Waals surface area contributed by atoms with Crippen LogP contribution in [0.15, 0.2) is 11.4 Å². The Bertz CT molecular complexity index is 398. The summed E-state index contributed by atoms with van der Waals surface area (Å²) in [5, 5.41) is 13.3. The molecule has 0 spiro atoms. The molecule has 4 nitrogen and oxygen atoms in total. The molecule has 0 aliphatic carbocycles. The number of aliphatic carboxylic acids is 1. The van der Waals surface area contributed by atoms with Gasteiger partial charge in [-0.25, -0.2) is 4.79 Å². The minimum absolute atomic E-state index is 0.137. The molecule has 1 amide bonds. The SMILES string of the molecule is Cc1ccsc1C(=O)NC(C(=O)O)C(C)C. The second kappa shape index (κ2) is 5.12. The minimum atomic E-state index is -1.00. The molecule has 1 heterocycles. The van der Waals surface area contributed by atoms with Crippen LogP contribution in [0.25, 0.3) is 0 Å². The molecule has 1 rings (SSSR count). The number of hydrogen-bond acceptors (Lipinski definition) is 3. The van der Waals surface area contributed by atoms with Crippen molar-refractivity contribution in [2.75, 3.05) is 0 Å². The Hall–Kier alpha value is -1.36. The van der Waals surface area contributed by atoms with Crippen LogP contribution < -0.4 is 5.32 Å². The van der Waals surface area contributed by atoms with E-state index in [1.807, 2.05) is 18.4 Å². The number of nitrogens with one attached hydrogen (secondary N) is 1. The average molecular weight is 241 g/mol. The first-order chi connectivity index (χ1) is 7.43. The molecule has 16 heavy (non-hydrogen) atoms. The number of rotatable bonds is 4. The molecule has 1 aromatic rings. The summed E-state index contributed by atoms with van der Waals surface area (Å²) in [5.74, 6) is -1.45. The van der Waals surface area contributed by atoms with Crippen LogP contribution >= 0.6 is 11.3 Å². The smallest absolute Gasteiger partial charge is 0.326 e. The Kier molecular flexibility index (Phi) is 4.06. The van der Waals surface area contributed by atoms with Gasteiger partial charge in [-0.05, 0) is 29.9 Å². The summed E-state index contributed by atoms with van der Waals surface area (Å²) < 4.78 is 0. The van der Waals surface area contributed by atoms with E-state index >= 15 is 0 Å². The fourth-order valence-electron chi connectivity index (χ4n) is 1.33. The zero-order chi connectivity index (χ0) is 12.3. The summed E-state index contributed by atoms with van der Waals surface area (Å²) in [5.41, 5.74) is 0.871. The van der Waals surface area contributed by atoms with Crippen LogP contribution in [-0.4, -0.2) is 23.0 Å². The third-order valence-electron chi connectivity index (χ3n) is 2.29. The van der Waals surface area contributed by atoms with E-state index in [0.29, 0.717) is 4.88 Å². The van der Waals surface area contributed by atoms with Crippen LogP contribution in [0, 0.1) is 12.8 Å². The zero-order valence-electron chi connectivity index (χ0n) is 9.48. The summed E-state index contributed by atoms with van der Waals surface area (Å²) in [6.45, 7) is 5.36. The Morgan fingerprint density at radius 3 is 2.44 bits per heavy atom. The summed E-state index contributed by atoms with van der Waals surface area (Å²) in [4.78, 5) is 23.3. The maximum absolute atomic E-state index is 11.8. The summed E-state index contributed by atoms with van der Waals surface area (Å²) in [7, 11) is 0. The van der Waals surface area contributed by atoms with Gasteiger partial charge in [-0.3, -0.25) is 4.79 Å². The summed E-state index contributed by atoms with van der Waals surface area (Å²) >= 11 is 1.32. The number of carbonyl (C=O) groups is 2. The van der Waals surface area contributed by atoms with E-state index in [9.17, 15) is 9.59 Å². The van der Waals surface area contributed by atoms with Crippen molar-refractivity contribution < 1.29 is 14.7 Å². The first-order valence-corrected chi connectivity index (χ1v) is 5.89. The molecule has 0 saturated heterocycles. The standard InChI is InChI=1S/C11H15NO3S/c1-6(2)8(11(14)15)12-10(13)9-7(3)4-5-16-9/h4-6,8H,1-3H3,(H,12,13)(H,14,15). The van der Waals surface area contributed by atoms with Crippen molar-refractivity contribution in [2.24, 2.45) is 5.92 Å². The van der Waals surface area contributed by atoms with Crippen LogP contribution in [0.4, 0.5) is 0 Å². The summed E-state index contributed by atoms with van der Waals surface area (Å²) in [6.07, 6.45) is 0. The highest BCUT2D eigenvalue weighted by Crippen LogP contribution is 2.16. The van der Waals surface area contributed by atoms with Crippen molar-refractivity contribution in [1.29, 1.82) is 0 Å². The molecule has 1 aromatic heterocycles. The number of aryl methyl sites for hydroxylation is 1. The molecule has 0 fully saturated rings. The predicted molar refractivity (Wildman–Crippen MR) is 62.8 cm³/mol. The van der Waals surface area contributed by atoms with Gasteiger partial charge >= 0.3 is 5.97 Å². The highest BCUT2D eigenvalue weighted by molar-refractivity contribution is 7.12. The van der Waals surface area contributed by atoms with Gasteiger partial charge in [0.05, 0.1) is 4.88 Å². The molecule has 2 N–H and O–H groups in total. The molecular weight excluding hydrogens is 226 g/mol. The molecule has 0 aromatic carbocycles. The third kappa shape index (κ3) is 2.82. The van der Waals surface area contributed by atoms with Gasteiger partial charge in [-0.15, -0.1) is 11.3 Å². The number of carboxylic acids is 1. The number of carbonyl (C=O) groups excluding carboxylic acids is 1. The molecule has 5 heteroatoms. The highest BCUT2D eigenvalue weighted by atomic mass is 32.1. The molecule has 1 atom stereocenters. The van der Waals surface area contributed by atoms with E-state index < -0.39 is 12.0 Å². The number of thiophene rings is 1. The van der Waals surface area contributed by atoms with Crippen molar-refractivity contribution >= 4 is 23.2 Å². The minimum Gasteiger partial charge on any atom is -0.480 e. The van der Waals surface area contributed by atoms with E-state index in [-0.39, 0.29) is 11.8 Å².